The number of carbonyl (C=O) groups is 1. The van der Waals surface area contributed by atoms with Crippen LogP contribution in [0.15, 0.2) is 59.6 Å². The van der Waals surface area contributed by atoms with Gasteiger partial charge in [0.2, 0.25) is 5.91 Å². The van der Waals surface area contributed by atoms with Gasteiger partial charge in [0.1, 0.15) is 5.75 Å². The number of amides is 1. The maximum Gasteiger partial charge on any atom is 0.234 e. The monoisotopic (exact) mass is 358 g/mol. The second-order valence-electron chi connectivity index (χ2n) is 5.04. The summed E-state index contributed by atoms with van der Waals surface area (Å²) in [5, 5.41) is 4.34. The number of nitrogens with one attached hydrogen (secondary N) is 1. The maximum atomic E-state index is 12.2. The van der Waals surface area contributed by atoms with E-state index < -0.39 is 0 Å². The lowest BCUT2D eigenvalue weighted by Crippen LogP contribution is -2.14. The van der Waals surface area contributed by atoms with Crippen molar-refractivity contribution in [2.45, 2.75) is 4.90 Å². The summed E-state index contributed by atoms with van der Waals surface area (Å²) in [6.07, 6.45) is 1.69. The number of fused-ring (bicyclic) bond motifs is 1. The first-order valence-corrected chi connectivity index (χ1v) is 8.63. The molecule has 1 N–H and O–H groups in total. The predicted octanol–water partition coefficient (Wildman–Crippen LogP) is 4.63. The van der Waals surface area contributed by atoms with Crippen LogP contribution in [-0.4, -0.2) is 23.8 Å². The normalized spacial score (nSPS) is 10.6. The second kappa shape index (κ2) is 7.55. The minimum Gasteiger partial charge on any atom is -0.497 e. The van der Waals surface area contributed by atoms with Crippen LogP contribution in [0, 0.1) is 0 Å². The summed E-state index contributed by atoms with van der Waals surface area (Å²) in [4.78, 5) is 17.6. The van der Waals surface area contributed by atoms with Gasteiger partial charge < -0.3 is 10.1 Å². The molecule has 0 atom stereocenters. The van der Waals surface area contributed by atoms with Gasteiger partial charge in [0.05, 0.1) is 24.1 Å². The minimum atomic E-state index is -0.106. The zero-order valence-electron chi connectivity index (χ0n) is 13.0. The van der Waals surface area contributed by atoms with Crippen molar-refractivity contribution in [1.82, 2.24) is 4.98 Å². The van der Waals surface area contributed by atoms with E-state index in [4.69, 9.17) is 16.3 Å². The Labute approximate surface area is 149 Å². The van der Waals surface area contributed by atoms with Crippen LogP contribution in [0.3, 0.4) is 0 Å². The smallest absolute Gasteiger partial charge is 0.234 e. The number of methoxy groups -OCH3 is 1. The molecule has 2 aromatic carbocycles. The number of nitrogens with zero attached hydrogens (tertiary/aromatic N) is 1. The molecule has 1 heterocycles. The summed E-state index contributed by atoms with van der Waals surface area (Å²) in [5.41, 5.74) is 1.35. The van der Waals surface area contributed by atoms with Crippen LogP contribution in [0.25, 0.3) is 10.9 Å². The molecule has 3 rings (SSSR count). The van der Waals surface area contributed by atoms with E-state index in [1.165, 1.54) is 11.8 Å². The Hall–Kier alpha value is -2.24. The lowest BCUT2D eigenvalue weighted by molar-refractivity contribution is -0.113. The van der Waals surface area contributed by atoms with Crippen LogP contribution in [0.2, 0.25) is 5.02 Å². The Morgan fingerprint density at radius 3 is 2.79 bits per heavy atom. The SMILES string of the molecule is COc1ccc(SCC(=O)Nc2cc(Cl)cc3cccnc23)cc1. The Morgan fingerprint density at radius 2 is 2.04 bits per heavy atom. The number of anilines is 1. The van der Waals surface area contributed by atoms with Gasteiger partial charge in [-0.25, -0.2) is 0 Å². The molecule has 24 heavy (non-hydrogen) atoms. The lowest BCUT2D eigenvalue weighted by Gasteiger charge is -2.09. The summed E-state index contributed by atoms with van der Waals surface area (Å²) in [7, 11) is 1.62. The third kappa shape index (κ3) is 3.99. The molecule has 0 aliphatic rings. The van der Waals surface area contributed by atoms with Gasteiger partial charge in [0, 0.05) is 21.5 Å². The molecule has 0 saturated heterocycles. The number of carbonyl (C=O) groups excluding carboxylic acids is 1. The fourth-order valence-electron chi connectivity index (χ4n) is 2.26. The highest BCUT2D eigenvalue weighted by atomic mass is 35.5. The Bertz CT molecular complexity index is 869. The molecule has 0 saturated carbocycles. The van der Waals surface area contributed by atoms with E-state index in [0.717, 1.165) is 21.5 Å². The van der Waals surface area contributed by atoms with E-state index in [2.05, 4.69) is 10.3 Å². The van der Waals surface area contributed by atoms with Crippen LogP contribution in [0.1, 0.15) is 0 Å². The Kier molecular flexibility index (Phi) is 5.23. The highest BCUT2D eigenvalue weighted by Gasteiger charge is 2.09. The van der Waals surface area contributed by atoms with Crippen molar-refractivity contribution in [3.05, 3.63) is 59.8 Å². The molecule has 0 bridgehead atoms. The van der Waals surface area contributed by atoms with Gasteiger partial charge in [0.15, 0.2) is 0 Å². The average Bonchev–Trinajstić information content (AvgIpc) is 2.60. The highest BCUT2D eigenvalue weighted by molar-refractivity contribution is 8.00. The van der Waals surface area contributed by atoms with Crippen LogP contribution < -0.4 is 10.1 Å². The van der Waals surface area contributed by atoms with Crippen molar-refractivity contribution in [3.63, 3.8) is 0 Å². The highest BCUT2D eigenvalue weighted by Crippen LogP contribution is 2.27. The van der Waals surface area contributed by atoms with Crippen LogP contribution in [0.4, 0.5) is 5.69 Å². The van der Waals surface area contributed by atoms with Crippen molar-refractivity contribution >= 4 is 45.9 Å². The number of hydrogen-bond acceptors (Lipinski definition) is 4. The quantitative estimate of drug-likeness (QED) is 0.676. The molecule has 6 heteroatoms. The van der Waals surface area contributed by atoms with Gasteiger partial charge in [0.25, 0.3) is 0 Å². The lowest BCUT2D eigenvalue weighted by atomic mass is 10.2. The molecule has 122 valence electrons. The molecular weight excluding hydrogens is 344 g/mol. The fourth-order valence-corrected chi connectivity index (χ4v) is 3.18. The van der Waals surface area contributed by atoms with Crippen molar-refractivity contribution in [2.75, 3.05) is 18.2 Å². The number of aromatic nitrogens is 1. The van der Waals surface area contributed by atoms with Crippen molar-refractivity contribution in [3.8, 4) is 5.75 Å². The molecule has 0 aliphatic heterocycles. The largest absolute Gasteiger partial charge is 0.497 e. The maximum absolute atomic E-state index is 12.2. The topological polar surface area (TPSA) is 51.2 Å². The second-order valence-corrected chi connectivity index (χ2v) is 6.53. The summed E-state index contributed by atoms with van der Waals surface area (Å²) in [6.45, 7) is 0. The summed E-state index contributed by atoms with van der Waals surface area (Å²) < 4.78 is 5.12. The van der Waals surface area contributed by atoms with Gasteiger partial charge in [-0.3, -0.25) is 9.78 Å². The number of hydrogen-bond donors (Lipinski definition) is 1. The predicted molar refractivity (Wildman–Crippen MR) is 99.1 cm³/mol. The number of ether oxygens (including phenoxy) is 1. The number of pyridine rings is 1. The minimum absolute atomic E-state index is 0.106. The summed E-state index contributed by atoms with van der Waals surface area (Å²) in [5.74, 6) is 0.984. The van der Waals surface area contributed by atoms with Gasteiger partial charge in [-0.05, 0) is 42.5 Å². The van der Waals surface area contributed by atoms with Gasteiger partial charge >= 0.3 is 0 Å². The molecule has 4 nitrogen and oxygen atoms in total. The first-order valence-electron chi connectivity index (χ1n) is 7.27. The molecule has 3 aromatic rings. The van der Waals surface area contributed by atoms with Crippen molar-refractivity contribution in [1.29, 1.82) is 0 Å². The molecule has 0 unspecified atom stereocenters. The molecular formula is C18H15ClN2O2S. The standard InChI is InChI=1S/C18H15ClN2O2S/c1-23-14-4-6-15(7-5-14)24-11-17(22)21-16-10-13(19)9-12-3-2-8-20-18(12)16/h2-10H,11H2,1H3,(H,21,22). The molecule has 0 fully saturated rings. The number of halogens is 1. The zero-order valence-corrected chi connectivity index (χ0v) is 14.5. The Morgan fingerprint density at radius 1 is 1.25 bits per heavy atom. The van der Waals surface area contributed by atoms with Gasteiger partial charge in [-0.15, -0.1) is 11.8 Å². The first kappa shape index (κ1) is 16.6. The number of thioether (sulfide) groups is 1. The van der Waals surface area contributed by atoms with Crippen LogP contribution in [-0.2, 0) is 4.79 Å². The summed E-state index contributed by atoms with van der Waals surface area (Å²) >= 11 is 7.57. The fraction of sp³-hybridized carbons (Fsp3) is 0.111. The van der Waals surface area contributed by atoms with E-state index in [1.807, 2.05) is 42.5 Å². The van der Waals surface area contributed by atoms with E-state index in [-0.39, 0.29) is 5.91 Å². The van der Waals surface area contributed by atoms with Crippen LogP contribution in [0.5, 0.6) is 5.75 Å². The summed E-state index contributed by atoms with van der Waals surface area (Å²) in [6, 6.07) is 14.9. The first-order chi connectivity index (χ1) is 11.7. The van der Waals surface area contributed by atoms with E-state index >= 15 is 0 Å². The molecule has 0 spiro atoms. The van der Waals surface area contributed by atoms with E-state index in [1.54, 1.807) is 19.4 Å². The Balaban J connectivity index is 1.68. The van der Waals surface area contributed by atoms with Gasteiger partial charge in [-0.1, -0.05) is 17.7 Å². The zero-order chi connectivity index (χ0) is 16.9. The molecule has 0 radical (unpaired) electrons. The van der Waals surface area contributed by atoms with Crippen molar-refractivity contribution in [2.24, 2.45) is 0 Å². The number of rotatable bonds is 5. The van der Waals surface area contributed by atoms with E-state index in [9.17, 15) is 4.79 Å². The number of benzene rings is 2. The van der Waals surface area contributed by atoms with E-state index in [0.29, 0.717) is 16.5 Å². The molecule has 0 aliphatic carbocycles. The molecule has 1 aromatic heterocycles. The van der Waals surface area contributed by atoms with Crippen LogP contribution >= 0.6 is 23.4 Å². The third-order valence-electron chi connectivity index (χ3n) is 3.37. The third-order valence-corrected chi connectivity index (χ3v) is 4.60. The molecule has 1 amide bonds. The van der Waals surface area contributed by atoms with Gasteiger partial charge in [-0.2, -0.15) is 0 Å². The van der Waals surface area contributed by atoms with Crippen molar-refractivity contribution < 1.29 is 9.53 Å². The average molecular weight is 359 g/mol.